The van der Waals surface area contributed by atoms with E-state index in [1.54, 1.807) is 0 Å². The highest BCUT2D eigenvalue weighted by Gasteiger charge is 2.31. The van der Waals surface area contributed by atoms with Gasteiger partial charge in [0.2, 0.25) is 0 Å². The molecule has 0 radical (unpaired) electrons. The van der Waals surface area contributed by atoms with Gasteiger partial charge in [0.1, 0.15) is 6.23 Å². The Bertz CT molecular complexity index is 125. The van der Waals surface area contributed by atoms with Crippen molar-refractivity contribution in [3.63, 3.8) is 0 Å². The molecule has 0 N–H and O–H groups in total. The Kier molecular flexibility index (Phi) is 2.90. The normalized spacial score (nSPS) is 33.5. The predicted octanol–water partition coefficient (Wildman–Crippen LogP) is 1.85. The van der Waals surface area contributed by atoms with Gasteiger partial charge in [-0.25, -0.2) is 0 Å². The third kappa shape index (κ3) is 1.74. The topological polar surface area (TPSA) is 12.5 Å². The summed E-state index contributed by atoms with van der Waals surface area (Å²) in [5, 5.41) is 0. The number of hydrogen-bond acceptors (Lipinski definition) is 2. The molecule has 0 aromatic rings. The molecule has 0 amide bonds. The zero-order valence-corrected chi connectivity index (χ0v) is 8.00. The minimum Gasteiger partial charge on any atom is -0.362 e. The van der Waals surface area contributed by atoms with Gasteiger partial charge in [0, 0.05) is 12.1 Å². The van der Waals surface area contributed by atoms with E-state index >= 15 is 0 Å². The Balaban J connectivity index is 2.56. The lowest BCUT2D eigenvalue weighted by molar-refractivity contribution is 0.0129. The molecule has 2 nitrogen and oxygen atoms in total. The van der Waals surface area contributed by atoms with Crippen molar-refractivity contribution in [1.82, 2.24) is 4.90 Å². The SMILES string of the molecule is CCC1OC[C@H](C)N1C(C)C. The van der Waals surface area contributed by atoms with E-state index in [2.05, 4.69) is 32.6 Å². The van der Waals surface area contributed by atoms with E-state index in [0.717, 1.165) is 13.0 Å². The van der Waals surface area contributed by atoms with E-state index in [0.29, 0.717) is 18.3 Å². The Morgan fingerprint density at radius 3 is 2.55 bits per heavy atom. The predicted molar refractivity (Wildman–Crippen MR) is 46.5 cm³/mol. The first kappa shape index (κ1) is 9.01. The second-order valence-electron chi connectivity index (χ2n) is 3.59. The van der Waals surface area contributed by atoms with Crippen LogP contribution in [0.1, 0.15) is 34.1 Å². The van der Waals surface area contributed by atoms with Crippen LogP contribution >= 0.6 is 0 Å². The van der Waals surface area contributed by atoms with E-state index in [4.69, 9.17) is 4.74 Å². The van der Waals surface area contributed by atoms with Crippen LogP contribution in [0.5, 0.6) is 0 Å². The molecule has 1 fully saturated rings. The molecule has 0 aromatic carbocycles. The Morgan fingerprint density at radius 1 is 1.55 bits per heavy atom. The van der Waals surface area contributed by atoms with Crippen LogP contribution in [0.3, 0.4) is 0 Å². The molecular formula is C9H19NO. The summed E-state index contributed by atoms with van der Waals surface area (Å²) in [6.07, 6.45) is 1.47. The van der Waals surface area contributed by atoms with Gasteiger partial charge < -0.3 is 4.74 Å². The smallest absolute Gasteiger partial charge is 0.110 e. The molecule has 0 aromatic heterocycles. The fraction of sp³-hybridized carbons (Fsp3) is 1.00. The van der Waals surface area contributed by atoms with Crippen LogP contribution in [-0.4, -0.2) is 29.8 Å². The highest BCUT2D eigenvalue weighted by atomic mass is 16.5. The van der Waals surface area contributed by atoms with Crippen molar-refractivity contribution in [2.24, 2.45) is 0 Å². The van der Waals surface area contributed by atoms with Gasteiger partial charge in [0.25, 0.3) is 0 Å². The van der Waals surface area contributed by atoms with Crippen molar-refractivity contribution < 1.29 is 4.74 Å². The summed E-state index contributed by atoms with van der Waals surface area (Å²) in [6, 6.07) is 1.21. The zero-order chi connectivity index (χ0) is 8.43. The molecule has 1 unspecified atom stereocenters. The number of ether oxygens (including phenoxy) is 1. The van der Waals surface area contributed by atoms with Crippen LogP contribution in [0, 0.1) is 0 Å². The number of nitrogens with zero attached hydrogens (tertiary/aromatic N) is 1. The molecule has 1 rings (SSSR count). The first-order chi connectivity index (χ1) is 5.16. The highest BCUT2D eigenvalue weighted by molar-refractivity contribution is 4.79. The molecule has 2 heteroatoms. The fourth-order valence-corrected chi connectivity index (χ4v) is 1.88. The van der Waals surface area contributed by atoms with Gasteiger partial charge in [-0.3, -0.25) is 4.90 Å². The van der Waals surface area contributed by atoms with E-state index < -0.39 is 0 Å². The van der Waals surface area contributed by atoms with Crippen molar-refractivity contribution in [3.05, 3.63) is 0 Å². The van der Waals surface area contributed by atoms with E-state index in [9.17, 15) is 0 Å². The molecule has 2 atom stereocenters. The third-order valence-corrected chi connectivity index (χ3v) is 2.32. The van der Waals surface area contributed by atoms with E-state index in [1.165, 1.54) is 0 Å². The summed E-state index contributed by atoms with van der Waals surface area (Å²) >= 11 is 0. The summed E-state index contributed by atoms with van der Waals surface area (Å²) in [6.45, 7) is 9.77. The maximum atomic E-state index is 5.61. The largest absolute Gasteiger partial charge is 0.362 e. The third-order valence-electron chi connectivity index (χ3n) is 2.32. The summed E-state index contributed by atoms with van der Waals surface area (Å²) < 4.78 is 5.61. The summed E-state index contributed by atoms with van der Waals surface area (Å²) in [5.74, 6) is 0. The van der Waals surface area contributed by atoms with Gasteiger partial charge in [0.05, 0.1) is 6.61 Å². The maximum absolute atomic E-state index is 5.61. The molecule has 0 spiro atoms. The lowest BCUT2D eigenvalue weighted by Crippen LogP contribution is -2.40. The quantitative estimate of drug-likeness (QED) is 0.606. The van der Waals surface area contributed by atoms with Crippen molar-refractivity contribution in [3.8, 4) is 0 Å². The van der Waals surface area contributed by atoms with Crippen LogP contribution in [0.25, 0.3) is 0 Å². The molecule has 66 valence electrons. The Morgan fingerprint density at radius 2 is 2.18 bits per heavy atom. The monoisotopic (exact) mass is 157 g/mol. The standard InChI is InChI=1S/C9H19NO/c1-5-9-10(7(2)3)8(4)6-11-9/h7-9H,5-6H2,1-4H3/t8-,9?/m0/s1. The molecular weight excluding hydrogens is 138 g/mol. The number of rotatable bonds is 2. The molecule has 1 saturated heterocycles. The average molecular weight is 157 g/mol. The Labute approximate surface area is 69.5 Å². The molecule has 0 saturated carbocycles. The first-order valence-corrected chi connectivity index (χ1v) is 4.55. The van der Waals surface area contributed by atoms with Crippen LogP contribution in [0.2, 0.25) is 0 Å². The van der Waals surface area contributed by atoms with Crippen molar-refractivity contribution in [2.45, 2.75) is 52.4 Å². The summed E-state index contributed by atoms with van der Waals surface area (Å²) in [4.78, 5) is 2.44. The van der Waals surface area contributed by atoms with Crippen molar-refractivity contribution in [2.75, 3.05) is 6.61 Å². The van der Waals surface area contributed by atoms with E-state index in [-0.39, 0.29) is 0 Å². The lowest BCUT2D eigenvalue weighted by Gasteiger charge is -2.29. The molecule has 11 heavy (non-hydrogen) atoms. The van der Waals surface area contributed by atoms with Crippen LogP contribution in [-0.2, 0) is 4.74 Å². The summed E-state index contributed by atoms with van der Waals surface area (Å²) in [5.41, 5.74) is 0. The molecule has 1 aliphatic rings. The molecule has 1 heterocycles. The van der Waals surface area contributed by atoms with E-state index in [1.807, 2.05) is 0 Å². The Hall–Kier alpha value is -0.0800. The fourth-order valence-electron chi connectivity index (χ4n) is 1.88. The van der Waals surface area contributed by atoms with Crippen molar-refractivity contribution >= 4 is 0 Å². The van der Waals surface area contributed by atoms with Crippen LogP contribution in [0.15, 0.2) is 0 Å². The van der Waals surface area contributed by atoms with Gasteiger partial charge >= 0.3 is 0 Å². The molecule has 0 bridgehead atoms. The van der Waals surface area contributed by atoms with Gasteiger partial charge in [-0.2, -0.15) is 0 Å². The van der Waals surface area contributed by atoms with Gasteiger partial charge in [-0.05, 0) is 27.2 Å². The average Bonchev–Trinajstić information content (AvgIpc) is 2.30. The first-order valence-electron chi connectivity index (χ1n) is 4.55. The minimum atomic E-state index is 0.366. The minimum absolute atomic E-state index is 0.366. The lowest BCUT2D eigenvalue weighted by atomic mass is 10.2. The second kappa shape index (κ2) is 3.55. The highest BCUT2D eigenvalue weighted by Crippen LogP contribution is 2.21. The zero-order valence-electron chi connectivity index (χ0n) is 8.00. The number of hydrogen-bond donors (Lipinski definition) is 0. The van der Waals surface area contributed by atoms with Crippen molar-refractivity contribution in [1.29, 1.82) is 0 Å². The second-order valence-corrected chi connectivity index (χ2v) is 3.59. The van der Waals surface area contributed by atoms with Gasteiger partial charge in [0.15, 0.2) is 0 Å². The summed E-state index contributed by atoms with van der Waals surface area (Å²) in [7, 11) is 0. The molecule has 0 aliphatic carbocycles. The van der Waals surface area contributed by atoms with Gasteiger partial charge in [-0.15, -0.1) is 0 Å². The molecule has 1 aliphatic heterocycles. The van der Waals surface area contributed by atoms with Crippen LogP contribution < -0.4 is 0 Å². The maximum Gasteiger partial charge on any atom is 0.110 e. The van der Waals surface area contributed by atoms with Gasteiger partial charge in [-0.1, -0.05) is 6.92 Å². The van der Waals surface area contributed by atoms with Crippen LogP contribution in [0.4, 0.5) is 0 Å².